The normalized spacial score (nSPS) is 13.4. The first-order chi connectivity index (χ1) is 10.0. The first-order valence-corrected chi connectivity index (χ1v) is 9.00. The van der Waals surface area contributed by atoms with Gasteiger partial charge in [0, 0.05) is 11.4 Å². The van der Waals surface area contributed by atoms with E-state index in [9.17, 15) is 8.42 Å². The standard InChI is InChI=1S/C12H19N5O2S2/c1-3-6-13-7-10-4-5-11(20-10)21(18,19)17-9(2)12-14-8-15-16-12/h4-5,8-9,13,17H,3,6-7H2,1-2H3,(H,14,15,16). The number of rotatable bonds is 8. The van der Waals surface area contributed by atoms with Gasteiger partial charge in [-0.05, 0) is 32.0 Å². The lowest BCUT2D eigenvalue weighted by Crippen LogP contribution is -2.27. The first-order valence-electron chi connectivity index (χ1n) is 6.70. The van der Waals surface area contributed by atoms with E-state index in [0.29, 0.717) is 16.6 Å². The minimum atomic E-state index is -3.54. The number of hydrogen-bond acceptors (Lipinski definition) is 6. The summed E-state index contributed by atoms with van der Waals surface area (Å²) >= 11 is 1.27. The zero-order valence-corrected chi connectivity index (χ0v) is 13.6. The first kappa shape index (κ1) is 16.1. The smallest absolute Gasteiger partial charge is 0.250 e. The molecule has 9 heteroatoms. The molecule has 0 aliphatic heterocycles. The Balaban J connectivity index is 2.02. The van der Waals surface area contributed by atoms with Crippen LogP contribution in [0.15, 0.2) is 22.7 Å². The van der Waals surface area contributed by atoms with Crippen LogP contribution in [-0.2, 0) is 16.6 Å². The van der Waals surface area contributed by atoms with Crippen molar-refractivity contribution in [2.75, 3.05) is 6.54 Å². The highest BCUT2D eigenvalue weighted by Crippen LogP contribution is 2.23. The highest BCUT2D eigenvalue weighted by Gasteiger charge is 2.21. The van der Waals surface area contributed by atoms with Gasteiger partial charge in [0.25, 0.3) is 10.0 Å². The molecule has 7 nitrogen and oxygen atoms in total. The third-order valence-corrected chi connectivity index (χ3v) is 5.92. The van der Waals surface area contributed by atoms with Crippen molar-refractivity contribution >= 4 is 21.4 Å². The summed E-state index contributed by atoms with van der Waals surface area (Å²) in [5, 5.41) is 9.62. The Morgan fingerprint density at radius 1 is 1.43 bits per heavy atom. The van der Waals surface area contributed by atoms with Crippen LogP contribution in [0.3, 0.4) is 0 Å². The second-order valence-electron chi connectivity index (χ2n) is 4.61. The molecule has 0 spiro atoms. The summed E-state index contributed by atoms with van der Waals surface area (Å²) in [6, 6.07) is 3.01. The lowest BCUT2D eigenvalue weighted by atomic mass is 10.3. The predicted molar refractivity (Wildman–Crippen MR) is 81.4 cm³/mol. The molecule has 116 valence electrons. The van der Waals surface area contributed by atoms with E-state index in [1.54, 1.807) is 13.0 Å². The van der Waals surface area contributed by atoms with Gasteiger partial charge >= 0.3 is 0 Å². The van der Waals surface area contributed by atoms with Crippen LogP contribution in [0.4, 0.5) is 0 Å². The monoisotopic (exact) mass is 329 g/mol. The Morgan fingerprint density at radius 3 is 2.90 bits per heavy atom. The Labute approximate surface area is 128 Å². The maximum Gasteiger partial charge on any atom is 0.250 e. The Kier molecular flexibility index (Phi) is 5.45. The fraction of sp³-hybridized carbons (Fsp3) is 0.500. The van der Waals surface area contributed by atoms with Crippen LogP contribution in [0.25, 0.3) is 0 Å². The van der Waals surface area contributed by atoms with E-state index in [1.807, 2.05) is 6.07 Å². The number of H-pyrrole nitrogens is 1. The fourth-order valence-electron chi connectivity index (χ4n) is 1.76. The molecule has 0 saturated heterocycles. The zero-order valence-electron chi connectivity index (χ0n) is 12.0. The number of thiophene rings is 1. The van der Waals surface area contributed by atoms with E-state index >= 15 is 0 Å². The van der Waals surface area contributed by atoms with Gasteiger partial charge < -0.3 is 5.32 Å². The topological polar surface area (TPSA) is 99.8 Å². The molecule has 0 aliphatic rings. The summed E-state index contributed by atoms with van der Waals surface area (Å²) < 4.78 is 27.5. The van der Waals surface area contributed by atoms with Crippen molar-refractivity contribution in [1.82, 2.24) is 25.2 Å². The second kappa shape index (κ2) is 7.12. The molecule has 0 radical (unpaired) electrons. The van der Waals surface area contributed by atoms with Gasteiger partial charge in [0.1, 0.15) is 16.4 Å². The maximum atomic E-state index is 12.3. The minimum absolute atomic E-state index is 0.308. The second-order valence-corrected chi connectivity index (χ2v) is 7.72. The van der Waals surface area contributed by atoms with Crippen molar-refractivity contribution in [1.29, 1.82) is 0 Å². The van der Waals surface area contributed by atoms with Crippen LogP contribution in [0.2, 0.25) is 0 Å². The number of nitrogens with zero attached hydrogens (tertiary/aromatic N) is 2. The molecule has 0 saturated carbocycles. The van der Waals surface area contributed by atoms with E-state index < -0.39 is 16.1 Å². The SMILES string of the molecule is CCCNCc1ccc(S(=O)(=O)NC(C)c2ncn[nH]2)s1. The van der Waals surface area contributed by atoms with Gasteiger partial charge in [-0.25, -0.2) is 18.1 Å². The minimum Gasteiger partial charge on any atom is -0.312 e. The quantitative estimate of drug-likeness (QED) is 0.636. The third kappa shape index (κ3) is 4.34. The molecule has 2 aromatic rings. The maximum absolute atomic E-state index is 12.3. The van der Waals surface area contributed by atoms with Crippen LogP contribution in [0.1, 0.15) is 37.0 Å². The molecule has 0 aromatic carbocycles. The van der Waals surface area contributed by atoms with E-state index in [2.05, 4.69) is 32.1 Å². The molecule has 1 unspecified atom stereocenters. The number of nitrogens with one attached hydrogen (secondary N) is 3. The van der Waals surface area contributed by atoms with Gasteiger partial charge in [-0.3, -0.25) is 5.10 Å². The van der Waals surface area contributed by atoms with Gasteiger partial charge in [-0.15, -0.1) is 11.3 Å². The van der Waals surface area contributed by atoms with Crippen LogP contribution < -0.4 is 10.0 Å². The van der Waals surface area contributed by atoms with Crippen LogP contribution in [-0.4, -0.2) is 30.1 Å². The molecular formula is C12H19N5O2S2. The van der Waals surface area contributed by atoms with E-state index in [0.717, 1.165) is 17.8 Å². The summed E-state index contributed by atoms with van der Waals surface area (Å²) in [6.45, 7) is 5.41. The summed E-state index contributed by atoms with van der Waals surface area (Å²) in [5.41, 5.74) is 0. The van der Waals surface area contributed by atoms with Gasteiger partial charge in [-0.2, -0.15) is 5.10 Å². The predicted octanol–water partition coefficient (Wildman–Crippen LogP) is 1.41. The molecule has 1 atom stereocenters. The van der Waals surface area contributed by atoms with Crippen molar-refractivity contribution in [3.8, 4) is 0 Å². The molecule has 2 heterocycles. The number of aromatic amines is 1. The lowest BCUT2D eigenvalue weighted by molar-refractivity contribution is 0.562. The summed E-state index contributed by atoms with van der Waals surface area (Å²) in [7, 11) is -3.54. The molecule has 2 aromatic heterocycles. The molecule has 3 N–H and O–H groups in total. The number of sulfonamides is 1. The van der Waals surface area contributed by atoms with Crippen LogP contribution in [0, 0.1) is 0 Å². The van der Waals surface area contributed by atoms with Gasteiger partial charge in [0.05, 0.1) is 6.04 Å². The van der Waals surface area contributed by atoms with Crippen molar-refractivity contribution in [3.05, 3.63) is 29.2 Å². The van der Waals surface area contributed by atoms with Gasteiger partial charge in [-0.1, -0.05) is 6.92 Å². The fourth-order valence-corrected chi connectivity index (χ4v) is 4.31. The van der Waals surface area contributed by atoms with Gasteiger partial charge in [0.15, 0.2) is 0 Å². The Morgan fingerprint density at radius 2 is 2.24 bits per heavy atom. The Bertz CT molecular complexity index is 651. The van der Waals surface area contributed by atoms with E-state index in [-0.39, 0.29) is 0 Å². The van der Waals surface area contributed by atoms with Crippen LogP contribution >= 0.6 is 11.3 Å². The molecule has 21 heavy (non-hydrogen) atoms. The van der Waals surface area contributed by atoms with E-state index in [4.69, 9.17) is 0 Å². The average molecular weight is 329 g/mol. The molecule has 0 bridgehead atoms. The Hall–Kier alpha value is -1.29. The van der Waals surface area contributed by atoms with Crippen LogP contribution in [0.5, 0.6) is 0 Å². The van der Waals surface area contributed by atoms with Crippen molar-refractivity contribution in [2.45, 2.75) is 37.1 Å². The van der Waals surface area contributed by atoms with Gasteiger partial charge in [0.2, 0.25) is 0 Å². The molecule has 0 aliphatic carbocycles. The lowest BCUT2D eigenvalue weighted by Gasteiger charge is -2.10. The molecule has 2 rings (SSSR count). The summed E-state index contributed by atoms with van der Waals surface area (Å²) in [5.74, 6) is 0.486. The highest BCUT2D eigenvalue weighted by atomic mass is 32.2. The van der Waals surface area contributed by atoms with Crippen molar-refractivity contribution < 1.29 is 8.42 Å². The van der Waals surface area contributed by atoms with Crippen molar-refractivity contribution in [2.24, 2.45) is 0 Å². The van der Waals surface area contributed by atoms with E-state index in [1.165, 1.54) is 17.7 Å². The third-order valence-electron chi connectivity index (χ3n) is 2.80. The largest absolute Gasteiger partial charge is 0.312 e. The molecule has 0 amide bonds. The zero-order chi connectivity index (χ0) is 15.3. The average Bonchev–Trinajstić information content (AvgIpc) is 3.10. The summed E-state index contributed by atoms with van der Waals surface area (Å²) in [6.07, 6.45) is 2.40. The summed E-state index contributed by atoms with van der Waals surface area (Å²) in [4.78, 5) is 4.95. The van der Waals surface area contributed by atoms with Crippen molar-refractivity contribution in [3.63, 3.8) is 0 Å². The number of hydrogen-bond donors (Lipinski definition) is 3. The number of aromatic nitrogens is 3. The molecular weight excluding hydrogens is 310 g/mol. The molecule has 0 fully saturated rings. The highest BCUT2D eigenvalue weighted by molar-refractivity contribution is 7.91.